The lowest BCUT2D eigenvalue weighted by Crippen LogP contribution is -2.21. The molecule has 54 valence electrons. The zero-order chi connectivity index (χ0) is 7.11. The number of rotatable bonds is 5. The molecule has 0 atom stereocenters. The fourth-order valence-electron chi connectivity index (χ4n) is 0.382. The Bertz CT molecular complexity index is 72.2. The van der Waals surface area contributed by atoms with Crippen LogP contribution in [0.3, 0.4) is 0 Å². The summed E-state index contributed by atoms with van der Waals surface area (Å²) in [5.41, 5.74) is 0. The van der Waals surface area contributed by atoms with Crippen LogP contribution in [0.25, 0.3) is 0 Å². The smallest absolute Gasteiger partial charge is 0.140 e. The molecule has 5 heteroatoms. The second-order valence-electron chi connectivity index (χ2n) is 1.42. The van der Waals surface area contributed by atoms with E-state index in [2.05, 4.69) is 14.8 Å². The fraction of sp³-hybridized carbons (Fsp3) is 1.00. The molecule has 5 nitrogen and oxygen atoms in total. The molecule has 0 aliphatic heterocycles. The van der Waals surface area contributed by atoms with Gasteiger partial charge in [-0.1, -0.05) is 0 Å². The summed E-state index contributed by atoms with van der Waals surface area (Å²) in [7, 11) is 2.96. The molecule has 0 spiro atoms. The van der Waals surface area contributed by atoms with Gasteiger partial charge in [0.2, 0.25) is 0 Å². The average Bonchev–Trinajstić information content (AvgIpc) is 1.88. The summed E-state index contributed by atoms with van der Waals surface area (Å²) in [6.07, 6.45) is 0. The Morgan fingerprint density at radius 3 is 2.00 bits per heavy atom. The zero-order valence-electron chi connectivity index (χ0n) is 5.53. The topological polar surface area (TPSA) is 51.1 Å². The molecule has 0 heterocycles. The lowest BCUT2D eigenvalue weighted by Gasteiger charge is -2.10. The summed E-state index contributed by atoms with van der Waals surface area (Å²) in [6, 6.07) is 0. The number of hydrogen-bond donors (Lipinski definition) is 0. The van der Waals surface area contributed by atoms with Crippen molar-refractivity contribution < 1.29 is 9.47 Å². The van der Waals surface area contributed by atoms with Crippen molar-refractivity contribution in [3.8, 4) is 0 Å². The first-order chi connectivity index (χ1) is 4.35. The highest BCUT2D eigenvalue weighted by molar-refractivity contribution is 4.31. The van der Waals surface area contributed by atoms with Crippen molar-refractivity contribution in [2.45, 2.75) is 0 Å². The van der Waals surface area contributed by atoms with Gasteiger partial charge in [0.1, 0.15) is 13.5 Å². The first-order valence-electron chi connectivity index (χ1n) is 2.41. The molecule has 0 aromatic rings. The second kappa shape index (κ2) is 5.46. The molecular weight excluding hydrogens is 124 g/mol. The summed E-state index contributed by atoms with van der Waals surface area (Å²) in [6.45, 7) is 0.328. The first-order valence-corrected chi connectivity index (χ1v) is 2.41. The normalized spacial score (nSPS) is 9.11. The minimum atomic E-state index is 0.164. The number of nitroso groups, excluding NO2 is 1. The monoisotopic (exact) mass is 134 g/mol. The van der Waals surface area contributed by atoms with Crippen molar-refractivity contribution in [1.29, 1.82) is 0 Å². The number of methoxy groups -OCH3 is 2. The van der Waals surface area contributed by atoms with Crippen LogP contribution in [-0.2, 0) is 9.47 Å². The van der Waals surface area contributed by atoms with Gasteiger partial charge in [0.05, 0.1) is 5.29 Å². The highest BCUT2D eigenvalue weighted by atomic mass is 16.5. The molecule has 0 aromatic heterocycles. The maximum atomic E-state index is 9.80. The van der Waals surface area contributed by atoms with Crippen LogP contribution >= 0.6 is 0 Å². The van der Waals surface area contributed by atoms with Crippen molar-refractivity contribution >= 4 is 0 Å². The van der Waals surface area contributed by atoms with Crippen molar-refractivity contribution in [2.75, 3.05) is 27.7 Å². The van der Waals surface area contributed by atoms with Crippen molar-refractivity contribution in [1.82, 2.24) is 5.01 Å². The molecule has 0 fully saturated rings. The van der Waals surface area contributed by atoms with Gasteiger partial charge in [-0.3, -0.25) is 0 Å². The predicted molar refractivity (Wildman–Crippen MR) is 31.4 cm³/mol. The number of hydrogen-bond acceptors (Lipinski definition) is 4. The minimum absolute atomic E-state index is 0.164. The zero-order valence-corrected chi connectivity index (χ0v) is 5.53. The third-order valence-corrected chi connectivity index (χ3v) is 0.672. The lowest BCUT2D eigenvalue weighted by atomic mass is 11.0. The van der Waals surface area contributed by atoms with Crippen LogP contribution in [0.5, 0.6) is 0 Å². The van der Waals surface area contributed by atoms with E-state index in [0.717, 1.165) is 5.01 Å². The van der Waals surface area contributed by atoms with Crippen LogP contribution in [0.1, 0.15) is 0 Å². The van der Waals surface area contributed by atoms with Gasteiger partial charge in [-0.25, -0.2) is 5.01 Å². The van der Waals surface area contributed by atoms with Crippen LogP contribution < -0.4 is 0 Å². The second-order valence-corrected chi connectivity index (χ2v) is 1.42. The molecule has 0 rings (SSSR count). The predicted octanol–water partition coefficient (Wildman–Crippen LogP) is 0.178. The van der Waals surface area contributed by atoms with E-state index < -0.39 is 0 Å². The molecule has 0 saturated heterocycles. The summed E-state index contributed by atoms with van der Waals surface area (Å²) >= 11 is 0. The van der Waals surface area contributed by atoms with Crippen molar-refractivity contribution in [2.24, 2.45) is 5.29 Å². The highest BCUT2D eigenvalue weighted by Crippen LogP contribution is 1.86. The van der Waals surface area contributed by atoms with E-state index in [1.54, 1.807) is 0 Å². The Hall–Kier alpha value is -0.680. The van der Waals surface area contributed by atoms with Crippen LogP contribution in [-0.4, -0.2) is 32.7 Å². The third kappa shape index (κ3) is 3.87. The SMILES string of the molecule is COCN(COC)N=O. The Balaban J connectivity index is 3.29. The molecule has 0 saturated carbocycles. The van der Waals surface area contributed by atoms with Gasteiger partial charge >= 0.3 is 0 Å². The van der Waals surface area contributed by atoms with E-state index in [1.807, 2.05) is 0 Å². The summed E-state index contributed by atoms with van der Waals surface area (Å²) in [4.78, 5) is 9.80. The van der Waals surface area contributed by atoms with Gasteiger partial charge in [-0.2, -0.15) is 0 Å². The van der Waals surface area contributed by atoms with Crippen molar-refractivity contribution in [3.05, 3.63) is 4.91 Å². The maximum Gasteiger partial charge on any atom is 0.140 e. The molecule has 0 amide bonds. The van der Waals surface area contributed by atoms with Gasteiger partial charge in [0, 0.05) is 14.2 Å². The lowest BCUT2D eigenvalue weighted by molar-refractivity contribution is -0.0131. The van der Waals surface area contributed by atoms with E-state index in [9.17, 15) is 4.91 Å². The van der Waals surface area contributed by atoms with Gasteiger partial charge < -0.3 is 9.47 Å². The molecule has 9 heavy (non-hydrogen) atoms. The van der Waals surface area contributed by atoms with E-state index in [0.29, 0.717) is 0 Å². The van der Waals surface area contributed by atoms with E-state index in [1.165, 1.54) is 14.2 Å². The van der Waals surface area contributed by atoms with E-state index >= 15 is 0 Å². The summed E-state index contributed by atoms with van der Waals surface area (Å²) in [5.74, 6) is 0. The third-order valence-electron chi connectivity index (χ3n) is 0.672. The first kappa shape index (κ1) is 8.32. The molecular formula is C4H10N2O3. The highest BCUT2D eigenvalue weighted by Gasteiger charge is 1.97. The number of nitrogens with zero attached hydrogens (tertiary/aromatic N) is 2. The maximum absolute atomic E-state index is 9.80. The van der Waals surface area contributed by atoms with Crippen LogP contribution in [0, 0.1) is 4.91 Å². The molecule has 0 unspecified atom stereocenters. The van der Waals surface area contributed by atoms with Crippen LogP contribution in [0.2, 0.25) is 0 Å². The molecule has 0 N–H and O–H groups in total. The Labute approximate surface area is 53.5 Å². The molecule has 0 aliphatic carbocycles. The summed E-state index contributed by atoms with van der Waals surface area (Å²) in [5, 5.41) is 3.71. The van der Waals surface area contributed by atoms with Crippen molar-refractivity contribution in [3.63, 3.8) is 0 Å². The van der Waals surface area contributed by atoms with Crippen LogP contribution in [0.4, 0.5) is 0 Å². The standard InChI is InChI=1S/C4H10N2O3/c1-8-3-6(5-7)4-9-2/h3-4H2,1-2H3. The minimum Gasteiger partial charge on any atom is -0.363 e. The largest absolute Gasteiger partial charge is 0.363 e. The Kier molecular flexibility index (Phi) is 5.04. The molecule has 0 radical (unpaired) electrons. The van der Waals surface area contributed by atoms with Gasteiger partial charge in [0.25, 0.3) is 0 Å². The van der Waals surface area contributed by atoms with Gasteiger partial charge in [-0.15, -0.1) is 4.91 Å². The average molecular weight is 134 g/mol. The summed E-state index contributed by atoms with van der Waals surface area (Å²) < 4.78 is 9.20. The quantitative estimate of drug-likeness (QED) is 0.305. The van der Waals surface area contributed by atoms with Gasteiger partial charge in [0.15, 0.2) is 0 Å². The molecule has 0 aliphatic rings. The van der Waals surface area contributed by atoms with E-state index in [-0.39, 0.29) is 13.5 Å². The van der Waals surface area contributed by atoms with E-state index in [4.69, 9.17) is 0 Å². The van der Waals surface area contributed by atoms with Gasteiger partial charge in [-0.05, 0) is 0 Å². The van der Waals surface area contributed by atoms with Crippen LogP contribution in [0.15, 0.2) is 5.29 Å². The Morgan fingerprint density at radius 1 is 1.33 bits per heavy atom. The fourth-order valence-corrected chi connectivity index (χ4v) is 0.382. The molecule has 0 bridgehead atoms. The molecule has 0 aromatic carbocycles. The Morgan fingerprint density at radius 2 is 1.78 bits per heavy atom. The number of ether oxygens (including phenoxy) is 2.